The molecule has 2 heterocycles. The minimum atomic E-state index is -0.451. The zero-order chi connectivity index (χ0) is 25.9. The highest BCUT2D eigenvalue weighted by Crippen LogP contribution is 2.27. The van der Waals surface area contributed by atoms with Crippen molar-refractivity contribution >= 4 is 28.7 Å². The number of ether oxygens (including phenoxy) is 2. The number of piperidine rings is 1. The molecule has 1 aromatic heterocycles. The van der Waals surface area contributed by atoms with Crippen LogP contribution in [0.2, 0.25) is 5.02 Å². The fourth-order valence-electron chi connectivity index (χ4n) is 4.78. The Balaban J connectivity index is 1.38. The number of likely N-dealkylation sites (tertiary alicyclic amines) is 1. The quantitative estimate of drug-likeness (QED) is 0.333. The zero-order valence-electron chi connectivity index (χ0n) is 22.1. The molecule has 7 heteroatoms. The van der Waals surface area contributed by atoms with E-state index in [2.05, 4.69) is 30.5 Å². The summed E-state index contributed by atoms with van der Waals surface area (Å²) in [5.74, 6) is 2.34. The van der Waals surface area contributed by atoms with Crippen LogP contribution >= 0.6 is 11.6 Å². The summed E-state index contributed by atoms with van der Waals surface area (Å²) in [6.45, 7) is 12.8. The van der Waals surface area contributed by atoms with Crippen molar-refractivity contribution in [3.63, 3.8) is 0 Å². The van der Waals surface area contributed by atoms with Crippen LogP contribution in [0.15, 0.2) is 36.4 Å². The van der Waals surface area contributed by atoms with Gasteiger partial charge in [0.25, 0.3) is 0 Å². The normalized spacial score (nSPS) is 14.9. The number of benzene rings is 2. The van der Waals surface area contributed by atoms with E-state index in [1.54, 1.807) is 0 Å². The molecule has 2 aromatic carbocycles. The minimum absolute atomic E-state index is 0.193. The molecular formula is C29H38ClN3O3. The molecule has 0 radical (unpaired) electrons. The number of aryl methyl sites for hydroxylation is 3. The van der Waals surface area contributed by atoms with Crippen LogP contribution in [-0.4, -0.2) is 39.2 Å². The van der Waals surface area contributed by atoms with Gasteiger partial charge >= 0.3 is 6.09 Å². The smallest absolute Gasteiger partial charge is 0.410 e. The van der Waals surface area contributed by atoms with Crippen LogP contribution in [0.25, 0.3) is 11.0 Å². The van der Waals surface area contributed by atoms with E-state index in [0.717, 1.165) is 67.9 Å². The fourth-order valence-corrected chi connectivity index (χ4v) is 4.91. The van der Waals surface area contributed by atoms with Crippen molar-refractivity contribution in [1.29, 1.82) is 0 Å². The van der Waals surface area contributed by atoms with Gasteiger partial charge in [-0.2, -0.15) is 0 Å². The van der Waals surface area contributed by atoms with Crippen molar-refractivity contribution in [3.05, 3.63) is 58.4 Å². The predicted octanol–water partition coefficient (Wildman–Crippen LogP) is 7.31. The standard InChI is InChI=1S/C29H38ClN3O3/c1-20-8-13-25-27(21(20)2)31-26(19-35-24-11-9-23(30)10-12-24)33(25)16-6-7-22-14-17-32(18-15-22)28(34)36-29(3,4)5/h8-13,22H,6-7,14-19H2,1-5H3. The third kappa shape index (κ3) is 6.52. The minimum Gasteiger partial charge on any atom is -0.486 e. The Labute approximate surface area is 219 Å². The van der Waals surface area contributed by atoms with Crippen LogP contribution in [-0.2, 0) is 17.9 Å². The average Bonchev–Trinajstić information content (AvgIpc) is 3.18. The zero-order valence-corrected chi connectivity index (χ0v) is 22.9. The van der Waals surface area contributed by atoms with Gasteiger partial charge in [-0.25, -0.2) is 9.78 Å². The molecule has 3 aromatic rings. The van der Waals surface area contributed by atoms with Gasteiger partial charge in [-0.05, 0) is 108 Å². The first kappa shape index (κ1) is 26.3. The van der Waals surface area contributed by atoms with Crippen molar-refractivity contribution in [2.75, 3.05) is 13.1 Å². The molecule has 0 aliphatic carbocycles. The topological polar surface area (TPSA) is 56.6 Å². The van der Waals surface area contributed by atoms with Crippen LogP contribution in [0.3, 0.4) is 0 Å². The largest absolute Gasteiger partial charge is 0.486 e. The molecule has 0 spiro atoms. The number of aromatic nitrogens is 2. The van der Waals surface area contributed by atoms with E-state index in [1.807, 2.05) is 49.9 Å². The highest BCUT2D eigenvalue weighted by atomic mass is 35.5. The molecule has 1 aliphatic heterocycles. The SMILES string of the molecule is Cc1ccc2c(nc(COc3ccc(Cl)cc3)n2CCCC2CCN(C(=O)OC(C)(C)C)CC2)c1C. The number of nitrogens with zero attached hydrogens (tertiary/aromatic N) is 3. The van der Waals surface area contributed by atoms with Gasteiger partial charge in [-0.1, -0.05) is 17.7 Å². The number of carbonyl (C=O) groups excluding carboxylic acids is 1. The van der Waals surface area contributed by atoms with E-state index in [-0.39, 0.29) is 6.09 Å². The van der Waals surface area contributed by atoms with Gasteiger partial charge in [0.15, 0.2) is 0 Å². The summed E-state index contributed by atoms with van der Waals surface area (Å²) >= 11 is 6.01. The second kappa shape index (κ2) is 11.1. The molecule has 1 amide bonds. The highest BCUT2D eigenvalue weighted by molar-refractivity contribution is 6.30. The molecule has 0 saturated carbocycles. The first-order valence-corrected chi connectivity index (χ1v) is 13.3. The van der Waals surface area contributed by atoms with Crippen LogP contribution in [0.4, 0.5) is 4.79 Å². The molecule has 6 nitrogen and oxygen atoms in total. The van der Waals surface area contributed by atoms with Crippen LogP contribution in [0.1, 0.15) is 63.4 Å². The second-order valence-corrected chi connectivity index (χ2v) is 11.3. The molecular weight excluding hydrogens is 474 g/mol. The third-order valence-corrected chi connectivity index (χ3v) is 7.22. The fraction of sp³-hybridized carbons (Fsp3) is 0.517. The summed E-state index contributed by atoms with van der Waals surface area (Å²) in [5, 5.41) is 0.692. The van der Waals surface area contributed by atoms with Gasteiger partial charge in [0.2, 0.25) is 0 Å². The Hall–Kier alpha value is -2.73. The maximum atomic E-state index is 12.4. The van der Waals surface area contributed by atoms with Crippen LogP contribution in [0.5, 0.6) is 5.75 Å². The van der Waals surface area contributed by atoms with Crippen molar-refractivity contribution in [1.82, 2.24) is 14.5 Å². The summed E-state index contributed by atoms with van der Waals surface area (Å²) in [4.78, 5) is 19.2. The van der Waals surface area contributed by atoms with Gasteiger partial charge in [-0.3, -0.25) is 0 Å². The van der Waals surface area contributed by atoms with Gasteiger partial charge in [0.1, 0.15) is 23.8 Å². The Morgan fingerprint density at radius 3 is 2.44 bits per heavy atom. The molecule has 1 fully saturated rings. The number of hydrogen-bond acceptors (Lipinski definition) is 4. The summed E-state index contributed by atoms with van der Waals surface area (Å²) in [6.07, 6.45) is 4.04. The van der Waals surface area contributed by atoms with Gasteiger partial charge < -0.3 is 18.9 Å². The number of imidazole rings is 1. The lowest BCUT2D eigenvalue weighted by molar-refractivity contribution is 0.0180. The first-order valence-electron chi connectivity index (χ1n) is 12.9. The van der Waals surface area contributed by atoms with E-state index in [4.69, 9.17) is 26.1 Å². The van der Waals surface area contributed by atoms with Crippen molar-refractivity contribution < 1.29 is 14.3 Å². The van der Waals surface area contributed by atoms with Crippen molar-refractivity contribution in [2.24, 2.45) is 5.92 Å². The molecule has 1 saturated heterocycles. The maximum absolute atomic E-state index is 12.4. The number of halogens is 1. The van der Waals surface area contributed by atoms with Gasteiger partial charge in [-0.15, -0.1) is 0 Å². The summed E-state index contributed by atoms with van der Waals surface area (Å²) in [7, 11) is 0. The van der Waals surface area contributed by atoms with Gasteiger partial charge in [0, 0.05) is 24.7 Å². The molecule has 4 rings (SSSR count). The van der Waals surface area contributed by atoms with E-state index in [0.29, 0.717) is 17.5 Å². The number of carbonyl (C=O) groups is 1. The van der Waals surface area contributed by atoms with Crippen molar-refractivity contribution in [3.8, 4) is 5.75 Å². The van der Waals surface area contributed by atoms with Crippen LogP contribution in [0, 0.1) is 19.8 Å². The molecule has 0 N–H and O–H groups in total. The number of amides is 1. The third-order valence-electron chi connectivity index (χ3n) is 6.97. The monoisotopic (exact) mass is 511 g/mol. The Morgan fingerprint density at radius 1 is 1.08 bits per heavy atom. The average molecular weight is 512 g/mol. The summed E-state index contributed by atoms with van der Waals surface area (Å²) < 4.78 is 13.9. The Morgan fingerprint density at radius 2 is 1.78 bits per heavy atom. The molecule has 36 heavy (non-hydrogen) atoms. The van der Waals surface area contributed by atoms with Gasteiger partial charge in [0.05, 0.1) is 11.0 Å². The van der Waals surface area contributed by atoms with Crippen molar-refractivity contribution in [2.45, 2.75) is 79.1 Å². The van der Waals surface area contributed by atoms with E-state index < -0.39 is 5.60 Å². The molecule has 0 atom stereocenters. The highest BCUT2D eigenvalue weighted by Gasteiger charge is 2.26. The first-order chi connectivity index (χ1) is 17.1. The lowest BCUT2D eigenvalue weighted by Gasteiger charge is -2.33. The van der Waals surface area contributed by atoms with E-state index in [9.17, 15) is 4.79 Å². The lowest BCUT2D eigenvalue weighted by atomic mass is 9.92. The lowest BCUT2D eigenvalue weighted by Crippen LogP contribution is -2.41. The molecule has 0 unspecified atom stereocenters. The maximum Gasteiger partial charge on any atom is 0.410 e. The molecule has 1 aliphatic rings. The number of fused-ring (bicyclic) bond motifs is 1. The van der Waals surface area contributed by atoms with Crippen LogP contribution < -0.4 is 4.74 Å². The summed E-state index contributed by atoms with van der Waals surface area (Å²) in [5.41, 5.74) is 4.22. The second-order valence-electron chi connectivity index (χ2n) is 10.9. The summed E-state index contributed by atoms with van der Waals surface area (Å²) in [6, 6.07) is 11.8. The van der Waals surface area contributed by atoms with E-state index >= 15 is 0 Å². The predicted molar refractivity (Wildman–Crippen MR) is 145 cm³/mol. The number of hydrogen-bond donors (Lipinski definition) is 0. The number of rotatable bonds is 7. The molecule has 0 bridgehead atoms. The van der Waals surface area contributed by atoms with E-state index in [1.165, 1.54) is 11.1 Å². The molecule has 194 valence electrons. The Kier molecular flexibility index (Phi) is 8.13. The Bertz CT molecular complexity index is 1190.